The molecular formula is C11H13N. The van der Waals surface area contributed by atoms with E-state index in [1.807, 2.05) is 6.20 Å². The van der Waals surface area contributed by atoms with E-state index in [4.69, 9.17) is 0 Å². The van der Waals surface area contributed by atoms with Crippen molar-refractivity contribution in [3.63, 3.8) is 0 Å². The van der Waals surface area contributed by atoms with Crippen LogP contribution in [0.3, 0.4) is 0 Å². The molecule has 0 unspecified atom stereocenters. The largest absolute Gasteiger partial charge is 0.361 e. The number of pyridine rings is 1. The number of rotatable bonds is 1. The van der Waals surface area contributed by atoms with Gasteiger partial charge in [0.25, 0.3) is 0 Å². The predicted octanol–water partition coefficient (Wildman–Crippen LogP) is 3.24. The summed E-state index contributed by atoms with van der Waals surface area (Å²) in [5.74, 6) is 0.601. The van der Waals surface area contributed by atoms with E-state index in [2.05, 4.69) is 43.1 Å². The van der Waals surface area contributed by atoms with E-state index < -0.39 is 0 Å². The number of H-pyrrole nitrogens is 1. The van der Waals surface area contributed by atoms with E-state index in [9.17, 15) is 0 Å². The molecule has 1 heterocycles. The summed E-state index contributed by atoms with van der Waals surface area (Å²) < 4.78 is 0. The first-order chi connectivity index (χ1) is 5.79. The van der Waals surface area contributed by atoms with Gasteiger partial charge in [0.2, 0.25) is 0 Å². The Kier molecular flexibility index (Phi) is 1.65. The van der Waals surface area contributed by atoms with Crippen LogP contribution in [0.25, 0.3) is 11.3 Å². The van der Waals surface area contributed by atoms with E-state index >= 15 is 0 Å². The topological polar surface area (TPSA) is 15.8 Å². The Morgan fingerprint density at radius 3 is 2.75 bits per heavy atom. The van der Waals surface area contributed by atoms with E-state index in [-0.39, 0.29) is 0 Å². The van der Waals surface area contributed by atoms with Crippen molar-refractivity contribution >= 4 is 0 Å². The Morgan fingerprint density at radius 2 is 2.00 bits per heavy atom. The zero-order valence-electron chi connectivity index (χ0n) is 7.46. The molecule has 0 amide bonds. The Labute approximate surface area is 72.8 Å². The fourth-order valence-electron chi connectivity index (χ4n) is 1.61. The van der Waals surface area contributed by atoms with Gasteiger partial charge in [0.15, 0.2) is 0 Å². The number of hydrogen-bond acceptors (Lipinski definition) is 0. The van der Waals surface area contributed by atoms with Gasteiger partial charge in [-0.05, 0) is 23.6 Å². The van der Waals surface area contributed by atoms with Crippen molar-refractivity contribution < 1.29 is 0 Å². The summed E-state index contributed by atoms with van der Waals surface area (Å²) in [4.78, 5) is 3.23. The van der Waals surface area contributed by atoms with E-state index in [1.54, 1.807) is 0 Å². The maximum Gasteiger partial charge on any atom is 0.0456 e. The maximum atomic E-state index is 3.23. The van der Waals surface area contributed by atoms with Gasteiger partial charge in [-0.25, -0.2) is 0 Å². The van der Waals surface area contributed by atoms with Crippen LogP contribution in [-0.2, 0) is 0 Å². The van der Waals surface area contributed by atoms with Crippen LogP contribution in [0.15, 0.2) is 30.5 Å². The Morgan fingerprint density at radius 1 is 1.17 bits per heavy atom. The lowest BCUT2D eigenvalue weighted by atomic mass is 9.98. The smallest absolute Gasteiger partial charge is 0.0456 e. The molecule has 0 radical (unpaired) electrons. The average Bonchev–Trinajstić information content (AvgIpc) is 2.49. The Balaban J connectivity index is 2.63. The standard InChI is InChI=1S/C11H13N/c1-8(2)9-6-7-12-11-5-3-4-10(9)11/h3-8,12H,1-2H3. The summed E-state index contributed by atoms with van der Waals surface area (Å²) in [6.45, 7) is 4.45. The summed E-state index contributed by atoms with van der Waals surface area (Å²) in [5, 5.41) is 0. The van der Waals surface area contributed by atoms with E-state index in [1.165, 1.54) is 16.8 Å². The number of nitrogens with one attached hydrogen (secondary N) is 1. The van der Waals surface area contributed by atoms with Gasteiger partial charge in [-0.3, -0.25) is 0 Å². The Hall–Kier alpha value is -1.24. The van der Waals surface area contributed by atoms with Crippen LogP contribution in [-0.4, -0.2) is 4.98 Å². The molecule has 0 aromatic carbocycles. The molecule has 2 rings (SSSR count). The van der Waals surface area contributed by atoms with Gasteiger partial charge in [-0.1, -0.05) is 26.0 Å². The van der Waals surface area contributed by atoms with Crippen LogP contribution in [0.1, 0.15) is 25.3 Å². The molecule has 2 aliphatic rings. The monoisotopic (exact) mass is 159 g/mol. The minimum atomic E-state index is 0.601. The number of fused-ring (bicyclic) bond motifs is 1. The third-order valence-electron chi connectivity index (χ3n) is 2.25. The van der Waals surface area contributed by atoms with Crippen LogP contribution < -0.4 is 0 Å². The van der Waals surface area contributed by atoms with Crippen molar-refractivity contribution in [2.45, 2.75) is 19.8 Å². The molecule has 0 aromatic rings. The molecule has 12 heavy (non-hydrogen) atoms. The summed E-state index contributed by atoms with van der Waals surface area (Å²) in [7, 11) is 0. The molecule has 1 heteroatoms. The van der Waals surface area contributed by atoms with Crippen LogP contribution in [0.5, 0.6) is 0 Å². The molecule has 1 aliphatic heterocycles. The zero-order valence-corrected chi connectivity index (χ0v) is 7.46. The first-order valence-corrected chi connectivity index (χ1v) is 4.35. The predicted molar refractivity (Wildman–Crippen MR) is 51.5 cm³/mol. The van der Waals surface area contributed by atoms with Gasteiger partial charge in [-0.15, -0.1) is 0 Å². The lowest BCUT2D eigenvalue weighted by Gasteiger charge is -2.10. The fraction of sp³-hybridized carbons (Fsp3) is 0.273. The van der Waals surface area contributed by atoms with Crippen LogP contribution in [0.2, 0.25) is 0 Å². The van der Waals surface area contributed by atoms with Crippen LogP contribution in [0.4, 0.5) is 0 Å². The van der Waals surface area contributed by atoms with Crippen molar-refractivity contribution in [3.8, 4) is 11.3 Å². The first-order valence-electron chi connectivity index (χ1n) is 4.35. The second-order valence-electron chi connectivity index (χ2n) is 3.44. The number of hydrogen-bond donors (Lipinski definition) is 1. The molecule has 1 aliphatic carbocycles. The van der Waals surface area contributed by atoms with E-state index in [0.717, 1.165) is 0 Å². The zero-order chi connectivity index (χ0) is 8.55. The highest BCUT2D eigenvalue weighted by Crippen LogP contribution is 2.29. The third kappa shape index (κ3) is 1.02. The minimum Gasteiger partial charge on any atom is -0.361 e. The molecular weight excluding hydrogens is 146 g/mol. The van der Waals surface area contributed by atoms with Gasteiger partial charge in [0, 0.05) is 17.5 Å². The molecule has 0 saturated heterocycles. The average molecular weight is 159 g/mol. The van der Waals surface area contributed by atoms with Gasteiger partial charge >= 0.3 is 0 Å². The van der Waals surface area contributed by atoms with Gasteiger partial charge in [0.05, 0.1) is 0 Å². The quantitative estimate of drug-likeness (QED) is 0.657. The minimum absolute atomic E-state index is 0.601. The molecule has 0 fully saturated rings. The van der Waals surface area contributed by atoms with Crippen LogP contribution >= 0.6 is 0 Å². The lowest BCUT2D eigenvalue weighted by Crippen LogP contribution is -1.92. The van der Waals surface area contributed by atoms with Gasteiger partial charge in [-0.2, -0.15) is 0 Å². The van der Waals surface area contributed by atoms with Gasteiger partial charge < -0.3 is 4.98 Å². The van der Waals surface area contributed by atoms with Crippen molar-refractivity contribution in [1.82, 2.24) is 4.98 Å². The van der Waals surface area contributed by atoms with Crippen molar-refractivity contribution in [2.24, 2.45) is 0 Å². The molecule has 1 N–H and O–H groups in total. The van der Waals surface area contributed by atoms with E-state index in [0.29, 0.717) is 5.92 Å². The van der Waals surface area contributed by atoms with Crippen molar-refractivity contribution in [2.75, 3.05) is 0 Å². The summed E-state index contributed by atoms with van der Waals surface area (Å²) in [5.41, 5.74) is 4.02. The fourth-order valence-corrected chi connectivity index (χ4v) is 1.61. The molecule has 62 valence electrons. The SMILES string of the molecule is CC(C)c1cc[nH]c2cccc1-2. The summed E-state index contributed by atoms with van der Waals surface area (Å²) in [6.07, 6.45) is 2.01. The third-order valence-corrected chi connectivity index (χ3v) is 2.25. The highest BCUT2D eigenvalue weighted by atomic mass is 14.7. The highest BCUT2D eigenvalue weighted by Gasteiger charge is 2.09. The molecule has 1 nitrogen and oxygen atoms in total. The molecule has 0 bridgehead atoms. The summed E-state index contributed by atoms with van der Waals surface area (Å²) >= 11 is 0. The van der Waals surface area contributed by atoms with Gasteiger partial charge in [0.1, 0.15) is 0 Å². The molecule has 0 aromatic heterocycles. The normalized spacial score (nSPS) is 11.2. The second-order valence-corrected chi connectivity index (χ2v) is 3.44. The summed E-state index contributed by atoms with van der Waals surface area (Å²) in [6, 6.07) is 8.53. The molecule has 0 spiro atoms. The molecule has 0 saturated carbocycles. The second kappa shape index (κ2) is 2.67. The first kappa shape index (κ1) is 7.41. The number of aromatic amines is 1. The highest BCUT2D eigenvalue weighted by molar-refractivity contribution is 5.66. The van der Waals surface area contributed by atoms with Crippen LogP contribution in [0, 0.1) is 0 Å². The maximum absolute atomic E-state index is 3.23. The molecule has 0 atom stereocenters. The van der Waals surface area contributed by atoms with Crippen molar-refractivity contribution in [1.29, 1.82) is 0 Å². The Bertz CT molecular complexity index is 346. The van der Waals surface area contributed by atoms with Crippen molar-refractivity contribution in [3.05, 3.63) is 36.0 Å². The lowest BCUT2D eigenvalue weighted by molar-refractivity contribution is 0.866. The number of aromatic nitrogens is 1.